The van der Waals surface area contributed by atoms with Gasteiger partial charge in [0, 0.05) is 36.5 Å². The van der Waals surface area contributed by atoms with Gasteiger partial charge in [-0.3, -0.25) is 19.4 Å². The maximum absolute atomic E-state index is 15.5. The number of carbonyl (C=O) groups is 2. The molecule has 2 amide bonds. The topological polar surface area (TPSA) is 183 Å². The van der Waals surface area contributed by atoms with Crippen molar-refractivity contribution < 1.29 is 49.4 Å². The predicted octanol–water partition coefficient (Wildman–Crippen LogP) is 2.89. The summed E-state index contributed by atoms with van der Waals surface area (Å²) in [4.78, 5) is 27.6. The molecule has 3 aliphatic heterocycles. The van der Waals surface area contributed by atoms with Crippen molar-refractivity contribution in [2.45, 2.75) is 98.5 Å². The Balaban J connectivity index is 0.00000126. The Morgan fingerprint density at radius 3 is 2.02 bits per heavy atom. The molecule has 48 heavy (non-hydrogen) atoms. The van der Waals surface area contributed by atoms with E-state index in [1.807, 2.05) is 46.9 Å². The van der Waals surface area contributed by atoms with Crippen LogP contribution in [0.5, 0.6) is 5.75 Å². The van der Waals surface area contributed by atoms with E-state index in [9.17, 15) is 40.2 Å². The second-order valence-corrected chi connectivity index (χ2v) is 11.6. The Morgan fingerprint density at radius 2 is 1.44 bits per heavy atom. The van der Waals surface area contributed by atoms with Crippen molar-refractivity contribution in [3.63, 3.8) is 0 Å². The number of benzene rings is 2. The predicted molar refractivity (Wildman–Crippen MR) is 177 cm³/mol. The molecule has 2 aromatic carbocycles. The molecule has 7 N–H and O–H groups in total. The van der Waals surface area contributed by atoms with Crippen molar-refractivity contribution >= 4 is 11.8 Å². The Labute approximate surface area is 282 Å². The highest BCUT2D eigenvalue weighted by Crippen LogP contribution is 2.46. The molecule has 0 aromatic heterocycles. The fourth-order valence-electron chi connectivity index (χ4n) is 6.29. The molecular weight excluding hydrogens is 625 g/mol. The summed E-state index contributed by atoms with van der Waals surface area (Å²) in [7, 11) is 0. The fraction of sp³-hybridized carbons (Fsp3) is 0.543. The molecule has 0 aliphatic carbocycles. The monoisotopic (exact) mass is 677 g/mol. The van der Waals surface area contributed by atoms with Crippen molar-refractivity contribution in [1.82, 2.24) is 15.1 Å². The molecule has 3 aliphatic rings. The maximum atomic E-state index is 15.5. The number of hydrogen-bond acceptors (Lipinski definition) is 10. The molecule has 0 spiro atoms. The number of carbonyl (C=O) groups excluding carboxylic acids is 2. The summed E-state index contributed by atoms with van der Waals surface area (Å²) in [6.45, 7) is 21.5. The van der Waals surface area contributed by atoms with Crippen molar-refractivity contribution in [2.75, 3.05) is 13.1 Å². The lowest BCUT2D eigenvalue weighted by atomic mass is 9.88. The van der Waals surface area contributed by atoms with Gasteiger partial charge in [0.2, 0.25) is 0 Å². The first-order chi connectivity index (χ1) is 22.6. The Morgan fingerprint density at radius 1 is 0.896 bits per heavy atom. The number of amides is 2. The molecule has 3 heterocycles. The highest BCUT2D eigenvalue weighted by molar-refractivity contribution is 6.01. The zero-order valence-electron chi connectivity index (χ0n) is 29.1. The van der Waals surface area contributed by atoms with E-state index >= 15 is 4.39 Å². The van der Waals surface area contributed by atoms with Crippen LogP contribution < -0.4 is 10.1 Å². The maximum Gasteiger partial charge on any atom is 0.303 e. The van der Waals surface area contributed by atoms with Crippen molar-refractivity contribution in [3.8, 4) is 5.75 Å². The standard InChI is InChI=1S/C29H34FN3O9.3C2H6/c1-15-10-16(2)12-32(11-15)13-18-6-4-7-19(23(18)30)14-42-21-9-5-8-20-22(21)29(40,41)33(25(20)34)24-17(3)31-26(35)28(38,39)27(24,36)37;3*1-2/h4-9,15-16,24,36-41H,3,10-14H2,1-2H3,(H,31,35);3*1-2H3. The first-order valence-electron chi connectivity index (χ1n) is 16.5. The normalized spacial score (nSPS) is 23.7. The SMILES string of the molecule is C=C1NC(=O)C(O)(O)C(O)(O)C1N1C(=O)c2cccc(OCc3cccc(CN4CC(C)CC(C)C4)c3F)c2C1(O)O.CC.CC.CC. The number of aliphatic hydroxyl groups is 6. The molecule has 0 radical (unpaired) electrons. The summed E-state index contributed by atoms with van der Waals surface area (Å²) >= 11 is 0. The lowest BCUT2D eigenvalue weighted by molar-refractivity contribution is -0.375. The Kier molecular flexibility index (Phi) is 13.8. The highest BCUT2D eigenvalue weighted by Gasteiger charge is 2.68. The lowest BCUT2D eigenvalue weighted by Crippen LogP contribution is -2.77. The van der Waals surface area contributed by atoms with Crippen LogP contribution in [0.3, 0.4) is 0 Å². The van der Waals surface area contributed by atoms with E-state index in [2.05, 4.69) is 25.3 Å². The van der Waals surface area contributed by atoms with Gasteiger partial charge in [0.1, 0.15) is 24.2 Å². The third-order valence-electron chi connectivity index (χ3n) is 8.10. The van der Waals surface area contributed by atoms with Gasteiger partial charge in [-0.05, 0) is 30.4 Å². The summed E-state index contributed by atoms with van der Waals surface area (Å²) in [5, 5.41) is 65.5. The van der Waals surface area contributed by atoms with Crippen LogP contribution in [0.25, 0.3) is 0 Å². The first-order valence-corrected chi connectivity index (χ1v) is 16.5. The Hall–Kier alpha value is -3.43. The average molecular weight is 678 g/mol. The second-order valence-electron chi connectivity index (χ2n) is 11.6. The third kappa shape index (κ3) is 7.57. The number of hydrogen-bond donors (Lipinski definition) is 7. The largest absolute Gasteiger partial charge is 0.488 e. The zero-order valence-corrected chi connectivity index (χ0v) is 29.1. The molecule has 0 saturated carbocycles. The number of ether oxygens (including phenoxy) is 1. The number of nitrogens with one attached hydrogen (secondary N) is 1. The Bertz CT molecular complexity index is 1440. The molecule has 12 nitrogen and oxygen atoms in total. The minimum atomic E-state index is -3.85. The van der Waals surface area contributed by atoms with E-state index in [4.69, 9.17) is 4.74 Å². The highest BCUT2D eigenvalue weighted by atomic mass is 19.1. The van der Waals surface area contributed by atoms with Gasteiger partial charge in [0.25, 0.3) is 23.5 Å². The van der Waals surface area contributed by atoms with Crippen LogP contribution in [-0.2, 0) is 23.9 Å². The fourth-order valence-corrected chi connectivity index (χ4v) is 6.29. The van der Waals surface area contributed by atoms with E-state index in [1.165, 1.54) is 24.3 Å². The summed E-state index contributed by atoms with van der Waals surface area (Å²) in [5.74, 6) is -13.5. The minimum Gasteiger partial charge on any atom is -0.488 e. The summed E-state index contributed by atoms with van der Waals surface area (Å²) in [6.07, 6.45) is 1.12. The summed E-state index contributed by atoms with van der Waals surface area (Å²) in [5.41, 5.74) is -0.806. The number of likely N-dealkylation sites (tertiary alicyclic amines) is 1. The number of piperidine rings is 2. The van der Waals surface area contributed by atoms with Gasteiger partial charge < -0.3 is 40.7 Å². The van der Waals surface area contributed by atoms with Crippen LogP contribution in [0.4, 0.5) is 4.39 Å². The molecule has 268 valence electrons. The van der Waals surface area contributed by atoms with Crippen LogP contribution in [-0.4, -0.2) is 83.0 Å². The number of halogens is 1. The molecule has 3 atom stereocenters. The van der Waals surface area contributed by atoms with Gasteiger partial charge in [-0.1, -0.05) is 86.2 Å². The van der Waals surface area contributed by atoms with Gasteiger partial charge in [0.15, 0.2) is 0 Å². The van der Waals surface area contributed by atoms with E-state index in [0.717, 1.165) is 19.5 Å². The molecule has 0 bridgehead atoms. The first kappa shape index (κ1) is 40.7. The van der Waals surface area contributed by atoms with Crippen LogP contribution in [0.1, 0.15) is 88.9 Å². The van der Waals surface area contributed by atoms with Gasteiger partial charge >= 0.3 is 5.79 Å². The molecular formula is C35H52FN3O9. The van der Waals surface area contributed by atoms with Gasteiger partial charge in [-0.25, -0.2) is 4.39 Å². The van der Waals surface area contributed by atoms with Crippen LogP contribution >= 0.6 is 0 Å². The van der Waals surface area contributed by atoms with Crippen LogP contribution in [0.15, 0.2) is 48.7 Å². The quantitative estimate of drug-likeness (QED) is 0.225. The molecule has 13 heteroatoms. The zero-order chi connectivity index (χ0) is 36.8. The summed E-state index contributed by atoms with van der Waals surface area (Å²) in [6, 6.07) is 6.45. The molecule has 2 aromatic rings. The van der Waals surface area contributed by atoms with E-state index in [0.29, 0.717) is 23.9 Å². The van der Waals surface area contributed by atoms with Crippen molar-refractivity contribution in [2.24, 2.45) is 11.8 Å². The van der Waals surface area contributed by atoms with Crippen molar-refractivity contribution in [1.29, 1.82) is 0 Å². The van der Waals surface area contributed by atoms with Crippen molar-refractivity contribution in [3.05, 3.63) is 76.7 Å². The van der Waals surface area contributed by atoms with E-state index in [1.54, 1.807) is 12.1 Å². The molecule has 3 unspecified atom stereocenters. The van der Waals surface area contributed by atoms with E-state index in [-0.39, 0.29) is 28.4 Å². The number of rotatable bonds is 6. The van der Waals surface area contributed by atoms with Crippen LogP contribution in [0, 0.1) is 17.7 Å². The number of fused-ring (bicyclic) bond motifs is 1. The van der Waals surface area contributed by atoms with Gasteiger partial charge in [-0.15, -0.1) is 0 Å². The van der Waals surface area contributed by atoms with E-state index < -0.39 is 52.4 Å². The number of nitrogens with zero attached hydrogens (tertiary/aromatic N) is 2. The van der Waals surface area contributed by atoms with Gasteiger partial charge in [-0.2, -0.15) is 0 Å². The molecule has 5 rings (SSSR count). The molecule has 2 fully saturated rings. The third-order valence-corrected chi connectivity index (χ3v) is 8.10. The molecule has 2 saturated heterocycles. The van der Waals surface area contributed by atoms with Gasteiger partial charge in [0.05, 0.1) is 11.1 Å². The minimum absolute atomic E-state index is 0.134. The van der Waals surface area contributed by atoms with Crippen LogP contribution in [0.2, 0.25) is 0 Å². The lowest BCUT2D eigenvalue weighted by Gasteiger charge is -2.49. The average Bonchev–Trinajstić information content (AvgIpc) is 3.24. The smallest absolute Gasteiger partial charge is 0.303 e. The second kappa shape index (κ2) is 16.3. The summed E-state index contributed by atoms with van der Waals surface area (Å²) < 4.78 is 21.3.